The Bertz CT molecular complexity index is 1220. The van der Waals surface area contributed by atoms with Crippen LogP contribution in [0.3, 0.4) is 0 Å². The monoisotopic (exact) mass is 445 g/mol. The van der Waals surface area contributed by atoms with Crippen molar-refractivity contribution >= 4 is 17.5 Å². The maximum absolute atomic E-state index is 12.1. The molecule has 0 aromatic carbocycles. The number of fused-ring (bicyclic) bond motifs is 1. The summed E-state index contributed by atoms with van der Waals surface area (Å²) in [5, 5.41) is 25.0. The summed E-state index contributed by atoms with van der Waals surface area (Å²) >= 11 is 0. The number of nitrogens with one attached hydrogen (secondary N) is 2. The zero-order chi connectivity index (χ0) is 22.4. The number of piperidine rings is 1. The number of hydrogen-bond donors (Lipinski definition) is 2. The Hall–Kier alpha value is -3.29. The van der Waals surface area contributed by atoms with Crippen LogP contribution in [0.4, 0.5) is 5.95 Å². The summed E-state index contributed by atoms with van der Waals surface area (Å²) < 4.78 is 3.71. The van der Waals surface area contributed by atoms with Gasteiger partial charge in [-0.2, -0.15) is 15.3 Å². The number of anilines is 1. The van der Waals surface area contributed by atoms with Gasteiger partial charge in [0, 0.05) is 36.8 Å². The summed E-state index contributed by atoms with van der Waals surface area (Å²) in [4.78, 5) is 19.1. The smallest absolute Gasteiger partial charge is 0.249 e. The second-order valence-electron chi connectivity index (χ2n) is 9.50. The molecule has 2 N–H and O–H groups in total. The molecule has 0 radical (unpaired) electrons. The molecule has 10 heteroatoms. The molecular weight excluding hydrogens is 418 g/mol. The maximum atomic E-state index is 12.1. The third kappa shape index (κ3) is 3.67. The summed E-state index contributed by atoms with van der Waals surface area (Å²) in [6, 6.07) is 8.73. The number of pyridine rings is 1. The van der Waals surface area contributed by atoms with Crippen LogP contribution in [0, 0.1) is 17.2 Å². The number of nitriles is 1. The van der Waals surface area contributed by atoms with Gasteiger partial charge in [-0.05, 0) is 50.9 Å². The number of carbonyl (C=O) groups is 1. The van der Waals surface area contributed by atoms with Crippen LogP contribution in [-0.2, 0) is 10.3 Å². The molecule has 0 unspecified atom stereocenters. The molecule has 0 spiro atoms. The number of carbonyl (C=O) groups excluding carboxylic acids is 1. The fourth-order valence-corrected chi connectivity index (χ4v) is 5.07. The van der Waals surface area contributed by atoms with Gasteiger partial charge < -0.3 is 5.32 Å². The standard InChI is InChI=1S/C23H27N9O/c24-9-8-23(14-30(15-23)18-6-10-25-11-7-18)31-13-17(12-26-31)19-2-1-3-20-27-22(29-32(19)20)28-21(33)16-4-5-16/h1-3,12-13,16,18,25H,4-8,10-11,14-15H2,(H,28,29,33). The molecule has 0 bridgehead atoms. The van der Waals surface area contributed by atoms with Crippen LogP contribution in [0.15, 0.2) is 30.6 Å². The average molecular weight is 446 g/mol. The van der Waals surface area contributed by atoms with E-state index in [-0.39, 0.29) is 17.4 Å². The van der Waals surface area contributed by atoms with E-state index in [1.165, 1.54) is 0 Å². The molecule has 3 aromatic rings. The highest BCUT2D eigenvalue weighted by molar-refractivity contribution is 5.92. The number of aromatic nitrogens is 5. The second-order valence-corrected chi connectivity index (χ2v) is 9.50. The van der Waals surface area contributed by atoms with Crippen molar-refractivity contribution in [1.82, 2.24) is 34.6 Å². The van der Waals surface area contributed by atoms with Crippen molar-refractivity contribution in [2.45, 2.75) is 43.7 Å². The Morgan fingerprint density at radius 1 is 1.24 bits per heavy atom. The lowest BCUT2D eigenvalue weighted by Gasteiger charge is -2.53. The Balaban J connectivity index is 1.25. The van der Waals surface area contributed by atoms with Crippen LogP contribution in [0.2, 0.25) is 0 Å². The van der Waals surface area contributed by atoms with Crippen molar-refractivity contribution < 1.29 is 4.79 Å². The highest BCUT2D eigenvalue weighted by atomic mass is 16.2. The van der Waals surface area contributed by atoms with Gasteiger partial charge in [-0.3, -0.25) is 19.7 Å². The minimum absolute atomic E-state index is 0.0120. The van der Waals surface area contributed by atoms with E-state index in [4.69, 9.17) is 0 Å². The SMILES string of the molecule is N#CCC1(n2cc(-c3cccc4nc(NC(=O)C5CC5)nn34)cn2)CN(C2CCNCC2)C1. The largest absolute Gasteiger partial charge is 0.317 e. The van der Waals surface area contributed by atoms with Gasteiger partial charge in [-0.1, -0.05) is 6.07 Å². The number of amides is 1. The molecule has 3 aliphatic rings. The van der Waals surface area contributed by atoms with Gasteiger partial charge in [0.1, 0.15) is 5.54 Å². The molecule has 1 saturated carbocycles. The fraction of sp³-hybridized carbons (Fsp3) is 0.522. The highest BCUT2D eigenvalue weighted by Gasteiger charge is 2.47. The normalized spacial score (nSPS) is 20.9. The average Bonchev–Trinajstić information content (AvgIpc) is 3.40. The highest BCUT2D eigenvalue weighted by Crippen LogP contribution is 2.36. The molecule has 33 heavy (non-hydrogen) atoms. The molecule has 3 fully saturated rings. The molecule has 170 valence electrons. The third-order valence-electron chi connectivity index (χ3n) is 7.14. The summed E-state index contributed by atoms with van der Waals surface area (Å²) in [6.45, 7) is 3.81. The lowest BCUT2D eigenvalue weighted by Crippen LogP contribution is -2.66. The number of hydrogen-bond acceptors (Lipinski definition) is 7. The maximum Gasteiger partial charge on any atom is 0.249 e. The number of likely N-dealkylation sites (tertiary alicyclic amines) is 1. The Labute approximate surface area is 191 Å². The lowest BCUT2D eigenvalue weighted by molar-refractivity contribution is -0.117. The van der Waals surface area contributed by atoms with Crippen molar-refractivity contribution in [2.75, 3.05) is 31.5 Å². The topological polar surface area (TPSA) is 116 Å². The minimum Gasteiger partial charge on any atom is -0.317 e. The predicted octanol–water partition coefficient (Wildman–Crippen LogP) is 1.62. The van der Waals surface area contributed by atoms with E-state index < -0.39 is 0 Å². The van der Waals surface area contributed by atoms with Crippen LogP contribution in [0.5, 0.6) is 0 Å². The quantitative estimate of drug-likeness (QED) is 0.592. The first-order valence-corrected chi connectivity index (χ1v) is 11.7. The van der Waals surface area contributed by atoms with Crippen molar-refractivity contribution in [3.63, 3.8) is 0 Å². The third-order valence-corrected chi connectivity index (χ3v) is 7.14. The Kier molecular flexibility index (Phi) is 4.89. The first-order valence-electron chi connectivity index (χ1n) is 11.7. The Morgan fingerprint density at radius 3 is 2.82 bits per heavy atom. The molecule has 5 heterocycles. The van der Waals surface area contributed by atoms with Crippen LogP contribution < -0.4 is 10.6 Å². The van der Waals surface area contributed by atoms with E-state index in [1.54, 1.807) is 4.52 Å². The van der Waals surface area contributed by atoms with Gasteiger partial charge in [-0.25, -0.2) is 4.52 Å². The van der Waals surface area contributed by atoms with Gasteiger partial charge in [0.25, 0.3) is 0 Å². The molecule has 10 nitrogen and oxygen atoms in total. The minimum atomic E-state index is -0.294. The molecule has 0 atom stereocenters. The summed E-state index contributed by atoms with van der Waals surface area (Å²) in [7, 11) is 0. The van der Waals surface area contributed by atoms with Gasteiger partial charge in [0.05, 0.1) is 24.4 Å². The van der Waals surface area contributed by atoms with Gasteiger partial charge in [-0.15, -0.1) is 5.10 Å². The first-order chi connectivity index (χ1) is 16.1. The van der Waals surface area contributed by atoms with Gasteiger partial charge >= 0.3 is 0 Å². The van der Waals surface area contributed by atoms with Crippen LogP contribution in [0.25, 0.3) is 16.9 Å². The van der Waals surface area contributed by atoms with Gasteiger partial charge in [0.2, 0.25) is 11.9 Å². The predicted molar refractivity (Wildman–Crippen MR) is 121 cm³/mol. The van der Waals surface area contributed by atoms with Crippen molar-refractivity contribution in [1.29, 1.82) is 5.26 Å². The van der Waals surface area contributed by atoms with Gasteiger partial charge in [0.15, 0.2) is 5.65 Å². The van der Waals surface area contributed by atoms with E-state index in [1.807, 2.05) is 35.3 Å². The molecular formula is C23H27N9O. The van der Waals surface area contributed by atoms with E-state index in [9.17, 15) is 10.1 Å². The van der Waals surface area contributed by atoms with Crippen LogP contribution >= 0.6 is 0 Å². The molecule has 6 rings (SSSR count). The second kappa shape index (κ2) is 7.93. The summed E-state index contributed by atoms with van der Waals surface area (Å²) in [5.74, 6) is 0.406. The van der Waals surface area contributed by atoms with E-state index in [0.717, 1.165) is 63.1 Å². The van der Waals surface area contributed by atoms with Crippen LogP contribution in [-0.4, -0.2) is 67.4 Å². The van der Waals surface area contributed by atoms with Crippen molar-refractivity contribution in [3.05, 3.63) is 30.6 Å². The summed E-state index contributed by atoms with van der Waals surface area (Å²) in [5.41, 5.74) is 2.12. The number of rotatable bonds is 6. The van der Waals surface area contributed by atoms with E-state index in [2.05, 4.69) is 36.8 Å². The number of nitrogens with zero attached hydrogens (tertiary/aromatic N) is 7. The van der Waals surface area contributed by atoms with Crippen molar-refractivity contribution in [3.8, 4) is 17.3 Å². The summed E-state index contributed by atoms with van der Waals surface area (Å²) in [6.07, 6.45) is 8.44. The molecule has 3 aromatic heterocycles. The van der Waals surface area contributed by atoms with Crippen molar-refractivity contribution in [2.24, 2.45) is 5.92 Å². The molecule has 2 saturated heterocycles. The Morgan fingerprint density at radius 2 is 2.06 bits per heavy atom. The zero-order valence-corrected chi connectivity index (χ0v) is 18.4. The molecule has 1 aliphatic carbocycles. The molecule has 2 aliphatic heterocycles. The van der Waals surface area contributed by atoms with E-state index in [0.29, 0.717) is 24.1 Å². The van der Waals surface area contributed by atoms with Crippen LogP contribution in [0.1, 0.15) is 32.1 Å². The fourth-order valence-electron chi connectivity index (χ4n) is 5.07. The molecule has 1 amide bonds. The lowest BCUT2D eigenvalue weighted by atomic mass is 9.84. The first kappa shape index (κ1) is 20.3. The zero-order valence-electron chi connectivity index (χ0n) is 18.4. The van der Waals surface area contributed by atoms with E-state index >= 15 is 0 Å².